The molecule has 190 valence electrons. The molecule has 3 aromatic carbocycles. The first-order valence-corrected chi connectivity index (χ1v) is 11.9. The zero-order chi connectivity index (χ0) is 26.6. The van der Waals surface area contributed by atoms with Crippen LogP contribution in [0.1, 0.15) is 19.4 Å². The van der Waals surface area contributed by atoms with Gasteiger partial charge in [0.25, 0.3) is 11.8 Å². The van der Waals surface area contributed by atoms with Gasteiger partial charge in [-0.25, -0.2) is 0 Å². The van der Waals surface area contributed by atoms with Crippen molar-refractivity contribution in [2.24, 2.45) is 0 Å². The molecule has 0 aliphatic rings. The molecule has 3 aromatic rings. The minimum Gasteiger partial charge on any atom is -0.494 e. The van der Waals surface area contributed by atoms with Crippen molar-refractivity contribution in [3.05, 3.63) is 82.9 Å². The van der Waals surface area contributed by atoms with Crippen molar-refractivity contribution in [1.82, 2.24) is 0 Å². The van der Waals surface area contributed by atoms with Gasteiger partial charge >= 0.3 is 0 Å². The summed E-state index contributed by atoms with van der Waals surface area (Å²) in [6.45, 7) is 4.34. The first kappa shape index (κ1) is 27.1. The van der Waals surface area contributed by atoms with E-state index >= 15 is 0 Å². The molecule has 0 aromatic heterocycles. The summed E-state index contributed by atoms with van der Waals surface area (Å²) in [7, 11) is 0. The number of nitrogens with zero attached hydrogens (tertiary/aromatic N) is 1. The van der Waals surface area contributed by atoms with Crippen molar-refractivity contribution in [2.75, 3.05) is 30.5 Å². The molecule has 0 heterocycles. The van der Waals surface area contributed by atoms with Crippen LogP contribution in [0.15, 0.2) is 72.3 Å². The molecule has 0 saturated heterocycles. The van der Waals surface area contributed by atoms with Gasteiger partial charge in [-0.1, -0.05) is 17.7 Å². The number of nitrogens with one attached hydrogen (secondary N) is 2. The molecule has 0 fully saturated rings. The fourth-order valence-electron chi connectivity index (χ4n) is 3.19. The summed E-state index contributed by atoms with van der Waals surface area (Å²) >= 11 is 5.86. The Morgan fingerprint density at radius 3 is 2.16 bits per heavy atom. The molecule has 0 aliphatic heterocycles. The number of rotatable bonds is 11. The highest BCUT2D eigenvalue weighted by Crippen LogP contribution is 2.29. The number of hydrogen-bond donors (Lipinski definition) is 2. The van der Waals surface area contributed by atoms with Gasteiger partial charge in [0.05, 0.1) is 13.2 Å². The summed E-state index contributed by atoms with van der Waals surface area (Å²) in [6, 6.07) is 20.4. The van der Waals surface area contributed by atoms with Gasteiger partial charge in [0.2, 0.25) is 0 Å². The van der Waals surface area contributed by atoms with E-state index in [1.165, 1.54) is 6.08 Å². The maximum absolute atomic E-state index is 12.6. The van der Waals surface area contributed by atoms with Crippen molar-refractivity contribution in [2.45, 2.75) is 13.8 Å². The minimum atomic E-state index is -0.552. The highest BCUT2D eigenvalue weighted by molar-refractivity contribution is 6.30. The SMILES string of the molecule is CCOc1ccc(NC(=O)/C(C#N)=C/c2ccc(OCC(=O)Nc3ccc(Cl)cc3)c(OCC)c2)cc1. The van der Waals surface area contributed by atoms with Crippen LogP contribution in [-0.4, -0.2) is 31.6 Å². The number of carbonyl (C=O) groups excluding carboxylic acids is 2. The normalized spacial score (nSPS) is 10.7. The monoisotopic (exact) mass is 519 g/mol. The van der Waals surface area contributed by atoms with Crippen LogP contribution in [-0.2, 0) is 9.59 Å². The molecule has 0 unspecified atom stereocenters. The molecule has 2 amide bonds. The number of ether oxygens (including phenoxy) is 3. The molecular weight excluding hydrogens is 494 g/mol. The van der Waals surface area contributed by atoms with Crippen molar-refractivity contribution in [1.29, 1.82) is 5.26 Å². The first-order valence-electron chi connectivity index (χ1n) is 11.5. The Balaban J connectivity index is 1.68. The van der Waals surface area contributed by atoms with Crippen LogP contribution in [0.25, 0.3) is 6.08 Å². The maximum Gasteiger partial charge on any atom is 0.266 e. The Labute approximate surface area is 220 Å². The Kier molecular flexibility index (Phi) is 9.94. The van der Waals surface area contributed by atoms with E-state index in [1.54, 1.807) is 66.7 Å². The van der Waals surface area contributed by atoms with E-state index < -0.39 is 5.91 Å². The summed E-state index contributed by atoms with van der Waals surface area (Å²) in [5.41, 5.74) is 1.59. The fourth-order valence-corrected chi connectivity index (χ4v) is 3.32. The molecule has 0 aliphatic carbocycles. The topological polar surface area (TPSA) is 110 Å². The number of halogens is 1. The van der Waals surface area contributed by atoms with Crippen molar-refractivity contribution in [3.8, 4) is 23.3 Å². The van der Waals surface area contributed by atoms with E-state index in [1.807, 2.05) is 19.9 Å². The second-order valence-electron chi connectivity index (χ2n) is 7.56. The lowest BCUT2D eigenvalue weighted by Crippen LogP contribution is -2.20. The summed E-state index contributed by atoms with van der Waals surface area (Å²) in [4.78, 5) is 24.9. The molecule has 9 heteroatoms. The summed E-state index contributed by atoms with van der Waals surface area (Å²) in [5, 5.41) is 15.5. The van der Waals surface area contributed by atoms with Crippen LogP contribution < -0.4 is 24.8 Å². The van der Waals surface area contributed by atoms with Crippen LogP contribution in [0.3, 0.4) is 0 Å². The second kappa shape index (κ2) is 13.6. The minimum absolute atomic E-state index is 0.0904. The van der Waals surface area contributed by atoms with Gasteiger partial charge < -0.3 is 24.8 Å². The molecule has 0 bridgehead atoms. The largest absolute Gasteiger partial charge is 0.494 e. The third kappa shape index (κ3) is 8.30. The molecule has 0 saturated carbocycles. The fraction of sp³-hybridized carbons (Fsp3) is 0.179. The second-order valence-corrected chi connectivity index (χ2v) is 8.00. The standard InChI is InChI=1S/C28H26ClN3O5/c1-3-35-24-12-10-23(11-13-24)32-28(34)20(17-30)15-19-5-14-25(26(16-19)36-4-2)37-18-27(33)31-22-8-6-21(29)7-9-22/h5-16H,3-4,18H2,1-2H3,(H,31,33)(H,32,34)/b20-15+. The van der Waals surface area contributed by atoms with E-state index in [2.05, 4.69) is 10.6 Å². The number of nitriles is 1. The van der Waals surface area contributed by atoms with Crippen molar-refractivity contribution >= 4 is 40.9 Å². The molecule has 2 N–H and O–H groups in total. The molecule has 3 rings (SSSR count). The predicted octanol–water partition coefficient (Wildman–Crippen LogP) is 5.70. The third-order valence-electron chi connectivity index (χ3n) is 4.85. The van der Waals surface area contributed by atoms with Gasteiger partial charge in [0.1, 0.15) is 17.4 Å². The average molecular weight is 520 g/mol. The Hall–Kier alpha value is -4.48. The van der Waals surface area contributed by atoms with E-state index in [0.29, 0.717) is 52.4 Å². The Morgan fingerprint density at radius 2 is 1.51 bits per heavy atom. The van der Waals surface area contributed by atoms with Crippen LogP contribution in [0.4, 0.5) is 11.4 Å². The van der Waals surface area contributed by atoms with E-state index in [4.69, 9.17) is 25.8 Å². The third-order valence-corrected chi connectivity index (χ3v) is 5.11. The molecule has 0 atom stereocenters. The van der Waals surface area contributed by atoms with Crippen LogP contribution >= 0.6 is 11.6 Å². The lowest BCUT2D eigenvalue weighted by Gasteiger charge is -2.13. The Morgan fingerprint density at radius 1 is 0.865 bits per heavy atom. The molecule has 8 nitrogen and oxygen atoms in total. The number of carbonyl (C=O) groups is 2. The van der Waals surface area contributed by atoms with E-state index in [-0.39, 0.29) is 18.1 Å². The predicted molar refractivity (Wildman–Crippen MR) is 143 cm³/mol. The molecule has 37 heavy (non-hydrogen) atoms. The highest BCUT2D eigenvalue weighted by atomic mass is 35.5. The summed E-state index contributed by atoms with van der Waals surface area (Å²) in [5.74, 6) is 0.502. The van der Waals surface area contributed by atoms with Gasteiger partial charge in [-0.15, -0.1) is 0 Å². The zero-order valence-corrected chi connectivity index (χ0v) is 21.2. The first-order chi connectivity index (χ1) is 17.9. The molecule has 0 spiro atoms. The van der Waals surface area contributed by atoms with Gasteiger partial charge in [-0.05, 0) is 86.2 Å². The van der Waals surface area contributed by atoms with Crippen molar-refractivity contribution in [3.63, 3.8) is 0 Å². The number of amides is 2. The Bertz CT molecular complexity index is 1300. The van der Waals surface area contributed by atoms with E-state index in [9.17, 15) is 14.9 Å². The van der Waals surface area contributed by atoms with Gasteiger partial charge in [-0.3, -0.25) is 9.59 Å². The lowest BCUT2D eigenvalue weighted by molar-refractivity contribution is -0.118. The summed E-state index contributed by atoms with van der Waals surface area (Å²) < 4.78 is 16.7. The van der Waals surface area contributed by atoms with Crippen molar-refractivity contribution < 1.29 is 23.8 Å². The lowest BCUT2D eigenvalue weighted by atomic mass is 10.1. The molecule has 0 radical (unpaired) electrons. The number of benzene rings is 3. The maximum atomic E-state index is 12.6. The quantitative estimate of drug-likeness (QED) is 0.248. The van der Waals surface area contributed by atoms with E-state index in [0.717, 1.165) is 0 Å². The number of anilines is 2. The highest BCUT2D eigenvalue weighted by Gasteiger charge is 2.13. The molecular formula is C28H26ClN3O5. The van der Waals surface area contributed by atoms with Crippen LogP contribution in [0, 0.1) is 11.3 Å². The zero-order valence-electron chi connectivity index (χ0n) is 20.4. The van der Waals surface area contributed by atoms with Gasteiger partial charge in [0.15, 0.2) is 18.1 Å². The average Bonchev–Trinajstić information content (AvgIpc) is 2.89. The number of hydrogen-bond acceptors (Lipinski definition) is 6. The van der Waals surface area contributed by atoms with Gasteiger partial charge in [-0.2, -0.15) is 5.26 Å². The smallest absolute Gasteiger partial charge is 0.266 e. The summed E-state index contributed by atoms with van der Waals surface area (Å²) in [6.07, 6.45) is 1.45. The van der Waals surface area contributed by atoms with Crippen LogP contribution in [0.5, 0.6) is 17.2 Å². The van der Waals surface area contributed by atoms with Crippen LogP contribution in [0.2, 0.25) is 5.02 Å². The van der Waals surface area contributed by atoms with Gasteiger partial charge in [0, 0.05) is 16.4 Å².